The van der Waals surface area contributed by atoms with Gasteiger partial charge in [0.2, 0.25) is 0 Å². The topological polar surface area (TPSA) is 64.6 Å². The van der Waals surface area contributed by atoms with Gasteiger partial charge in [0.05, 0.1) is 12.1 Å². The molecule has 1 saturated carbocycles. The van der Waals surface area contributed by atoms with Gasteiger partial charge in [0.1, 0.15) is 0 Å². The van der Waals surface area contributed by atoms with Crippen LogP contribution in [0.5, 0.6) is 0 Å². The lowest BCUT2D eigenvalue weighted by Crippen LogP contribution is -2.46. The molecule has 2 amide bonds. The van der Waals surface area contributed by atoms with E-state index in [1.807, 2.05) is 6.07 Å². The number of amides is 2. The molecule has 1 aliphatic heterocycles. The van der Waals surface area contributed by atoms with Crippen molar-refractivity contribution in [2.75, 3.05) is 19.6 Å². The van der Waals surface area contributed by atoms with Gasteiger partial charge in [-0.15, -0.1) is 0 Å². The first-order valence-corrected chi connectivity index (χ1v) is 9.24. The molecule has 2 aliphatic rings. The van der Waals surface area contributed by atoms with Gasteiger partial charge >= 0.3 is 6.03 Å². The number of hydrogen-bond acceptors (Lipinski definition) is 3. The number of hydrogen-bond donors (Lipinski definition) is 3. The maximum Gasteiger partial charge on any atom is 0.315 e. The van der Waals surface area contributed by atoms with Gasteiger partial charge in [0, 0.05) is 12.6 Å². The van der Waals surface area contributed by atoms with Gasteiger partial charge in [0.15, 0.2) is 0 Å². The molecule has 0 aromatic heterocycles. The van der Waals surface area contributed by atoms with Crippen LogP contribution in [-0.2, 0) is 0 Å². The molecule has 2 fully saturated rings. The molecule has 3 N–H and O–H groups in total. The zero-order chi connectivity index (χ0) is 16.8. The van der Waals surface area contributed by atoms with E-state index in [0.29, 0.717) is 6.54 Å². The summed E-state index contributed by atoms with van der Waals surface area (Å²) in [6, 6.07) is 10.8. The molecule has 1 atom stereocenters. The summed E-state index contributed by atoms with van der Waals surface area (Å²) in [7, 11) is 0. The number of nitrogens with one attached hydrogen (secondary N) is 2. The summed E-state index contributed by atoms with van der Waals surface area (Å²) in [6.07, 6.45) is 5.58. The second-order valence-corrected chi connectivity index (χ2v) is 7.03. The molecular formula is C19H29N3O2. The van der Waals surface area contributed by atoms with Gasteiger partial charge in [-0.3, -0.25) is 4.90 Å². The van der Waals surface area contributed by atoms with Gasteiger partial charge in [-0.05, 0) is 57.2 Å². The number of likely N-dealkylation sites (tertiary alicyclic amines) is 1. The molecule has 5 nitrogen and oxygen atoms in total. The van der Waals surface area contributed by atoms with Gasteiger partial charge in [0.25, 0.3) is 0 Å². The first kappa shape index (κ1) is 17.2. The van der Waals surface area contributed by atoms with Crippen LogP contribution in [0.4, 0.5) is 4.79 Å². The molecule has 24 heavy (non-hydrogen) atoms. The lowest BCUT2D eigenvalue weighted by Gasteiger charge is -2.29. The highest BCUT2D eigenvalue weighted by atomic mass is 16.3. The predicted octanol–water partition coefficient (Wildman–Crippen LogP) is 2.43. The third kappa shape index (κ3) is 4.71. The first-order chi connectivity index (χ1) is 11.7. The highest BCUT2D eigenvalue weighted by Gasteiger charge is 2.25. The maximum atomic E-state index is 12.2. The fourth-order valence-electron chi connectivity index (χ4n) is 3.83. The fraction of sp³-hybridized carbons (Fsp3) is 0.632. The van der Waals surface area contributed by atoms with E-state index in [-0.39, 0.29) is 24.2 Å². The molecule has 1 unspecified atom stereocenters. The monoisotopic (exact) mass is 331 g/mol. The van der Waals surface area contributed by atoms with Gasteiger partial charge in [-0.1, -0.05) is 30.3 Å². The van der Waals surface area contributed by atoms with Crippen LogP contribution < -0.4 is 10.6 Å². The fourth-order valence-corrected chi connectivity index (χ4v) is 3.83. The van der Waals surface area contributed by atoms with Crippen molar-refractivity contribution in [2.45, 2.75) is 56.7 Å². The van der Waals surface area contributed by atoms with Crippen molar-refractivity contribution in [3.8, 4) is 0 Å². The van der Waals surface area contributed by atoms with Crippen LogP contribution in [-0.4, -0.2) is 47.8 Å². The highest BCUT2D eigenvalue weighted by Crippen LogP contribution is 2.24. The first-order valence-electron chi connectivity index (χ1n) is 9.24. The summed E-state index contributed by atoms with van der Waals surface area (Å²) in [5.41, 5.74) is 1.26. The molecule has 1 aliphatic carbocycles. The Hall–Kier alpha value is -1.59. The number of aliphatic hydroxyl groups excluding tert-OH is 1. The zero-order valence-electron chi connectivity index (χ0n) is 14.3. The van der Waals surface area contributed by atoms with Crippen LogP contribution in [0.3, 0.4) is 0 Å². The zero-order valence-corrected chi connectivity index (χ0v) is 14.3. The van der Waals surface area contributed by atoms with E-state index in [2.05, 4.69) is 39.8 Å². The van der Waals surface area contributed by atoms with Crippen molar-refractivity contribution in [3.05, 3.63) is 35.9 Å². The molecule has 1 aromatic rings. The van der Waals surface area contributed by atoms with Crippen molar-refractivity contribution in [3.63, 3.8) is 0 Å². The van der Waals surface area contributed by atoms with E-state index >= 15 is 0 Å². The molecule has 0 bridgehead atoms. The van der Waals surface area contributed by atoms with Crippen LogP contribution in [0.2, 0.25) is 0 Å². The molecular weight excluding hydrogens is 302 g/mol. The number of carbonyl (C=O) groups is 1. The minimum absolute atomic E-state index is 0.0866. The predicted molar refractivity (Wildman–Crippen MR) is 94.8 cm³/mol. The van der Waals surface area contributed by atoms with E-state index in [4.69, 9.17) is 0 Å². The summed E-state index contributed by atoms with van der Waals surface area (Å²) < 4.78 is 0. The van der Waals surface area contributed by atoms with Crippen LogP contribution in [0.1, 0.15) is 50.1 Å². The van der Waals surface area contributed by atoms with Crippen molar-refractivity contribution >= 4 is 6.03 Å². The Morgan fingerprint density at radius 1 is 1.12 bits per heavy atom. The lowest BCUT2D eigenvalue weighted by molar-refractivity contribution is 0.117. The van der Waals surface area contributed by atoms with Crippen molar-refractivity contribution in [1.29, 1.82) is 0 Å². The highest BCUT2D eigenvalue weighted by molar-refractivity contribution is 5.74. The number of nitrogens with zero attached hydrogens (tertiary/aromatic N) is 1. The number of carbonyl (C=O) groups excluding carboxylic acids is 1. The van der Waals surface area contributed by atoms with Crippen LogP contribution in [0.25, 0.3) is 0 Å². The summed E-state index contributed by atoms with van der Waals surface area (Å²) in [4.78, 5) is 14.7. The van der Waals surface area contributed by atoms with E-state index in [1.165, 1.54) is 18.4 Å². The molecule has 1 aromatic carbocycles. The molecule has 1 saturated heterocycles. The van der Waals surface area contributed by atoms with Gasteiger partial charge in [-0.2, -0.15) is 0 Å². The molecule has 0 spiro atoms. The molecule has 3 rings (SSSR count). The minimum Gasteiger partial charge on any atom is -0.393 e. The van der Waals surface area contributed by atoms with E-state index in [0.717, 1.165) is 38.8 Å². The Kier molecular flexibility index (Phi) is 6.10. The quantitative estimate of drug-likeness (QED) is 0.776. The molecule has 0 radical (unpaired) electrons. The third-order valence-electron chi connectivity index (χ3n) is 5.25. The third-order valence-corrected chi connectivity index (χ3v) is 5.25. The summed E-state index contributed by atoms with van der Waals surface area (Å²) in [5, 5.41) is 15.7. The Morgan fingerprint density at radius 2 is 1.79 bits per heavy atom. The minimum atomic E-state index is -0.191. The standard InChI is InChI=1S/C19H29N3O2/c23-17-10-8-16(9-11-17)21-19(24)20-14-18(22-12-4-5-13-22)15-6-2-1-3-7-15/h1-3,6-7,16-18,23H,4-5,8-14H2,(H2,20,21,24). The van der Waals surface area contributed by atoms with Crippen molar-refractivity contribution in [1.82, 2.24) is 15.5 Å². The molecule has 1 heterocycles. The molecule has 132 valence electrons. The number of aliphatic hydroxyl groups is 1. The number of urea groups is 1. The Bertz CT molecular complexity index is 509. The lowest BCUT2D eigenvalue weighted by atomic mass is 9.93. The number of rotatable bonds is 5. The van der Waals surface area contributed by atoms with E-state index in [1.54, 1.807) is 0 Å². The normalized spacial score (nSPS) is 26.0. The van der Waals surface area contributed by atoms with Crippen LogP contribution >= 0.6 is 0 Å². The number of benzene rings is 1. The summed E-state index contributed by atoms with van der Waals surface area (Å²) in [5.74, 6) is 0. The van der Waals surface area contributed by atoms with Gasteiger partial charge in [-0.25, -0.2) is 4.79 Å². The van der Waals surface area contributed by atoms with Crippen LogP contribution in [0.15, 0.2) is 30.3 Å². The Morgan fingerprint density at radius 3 is 2.46 bits per heavy atom. The van der Waals surface area contributed by atoms with Crippen molar-refractivity contribution in [2.24, 2.45) is 0 Å². The SMILES string of the molecule is O=C(NCC(c1ccccc1)N1CCCC1)NC1CCC(O)CC1. The average molecular weight is 331 g/mol. The largest absolute Gasteiger partial charge is 0.393 e. The summed E-state index contributed by atoms with van der Waals surface area (Å²) in [6.45, 7) is 2.83. The summed E-state index contributed by atoms with van der Waals surface area (Å²) >= 11 is 0. The Balaban J connectivity index is 1.52. The van der Waals surface area contributed by atoms with Gasteiger partial charge < -0.3 is 15.7 Å². The average Bonchev–Trinajstić information content (AvgIpc) is 3.12. The maximum absolute atomic E-state index is 12.2. The van der Waals surface area contributed by atoms with E-state index in [9.17, 15) is 9.90 Å². The Labute approximate surface area is 144 Å². The second-order valence-electron chi connectivity index (χ2n) is 7.03. The van der Waals surface area contributed by atoms with Crippen molar-refractivity contribution < 1.29 is 9.90 Å². The molecule has 5 heteroatoms. The van der Waals surface area contributed by atoms with E-state index < -0.39 is 0 Å². The van der Waals surface area contributed by atoms with Crippen LogP contribution in [0, 0.1) is 0 Å². The second kappa shape index (κ2) is 8.49. The smallest absolute Gasteiger partial charge is 0.315 e.